The molecule has 0 amide bonds. The van der Waals surface area contributed by atoms with Crippen LogP contribution in [0.3, 0.4) is 0 Å². The van der Waals surface area contributed by atoms with E-state index in [0.29, 0.717) is 0 Å². The summed E-state index contributed by atoms with van der Waals surface area (Å²) in [7, 11) is 0. The van der Waals surface area contributed by atoms with Gasteiger partial charge in [0.15, 0.2) is 0 Å². The van der Waals surface area contributed by atoms with E-state index < -0.39 is 17.3 Å². The predicted molar refractivity (Wildman–Crippen MR) is 43.0 cm³/mol. The average Bonchev–Trinajstić information content (AvgIpc) is 1.52. The first-order valence-electron chi connectivity index (χ1n) is 3.82. The lowest BCUT2D eigenvalue weighted by atomic mass is 9.98. The molecule has 0 spiro atoms. The first-order valence-corrected chi connectivity index (χ1v) is 3.82. The zero-order valence-electron chi connectivity index (χ0n) is 8.13. The number of halogens is 3. The van der Waals surface area contributed by atoms with Crippen molar-refractivity contribution in [3.05, 3.63) is 0 Å². The van der Waals surface area contributed by atoms with E-state index in [1.54, 1.807) is 20.8 Å². The lowest BCUT2D eigenvalue weighted by molar-refractivity contribution is -0.190. The highest BCUT2D eigenvalue weighted by Crippen LogP contribution is 2.31. The summed E-state index contributed by atoms with van der Waals surface area (Å²) >= 11 is 0. The molecule has 74 valence electrons. The molecule has 0 aliphatic rings. The molecule has 0 atom stereocenters. The van der Waals surface area contributed by atoms with Crippen molar-refractivity contribution in [1.29, 1.82) is 0 Å². The summed E-state index contributed by atoms with van der Waals surface area (Å²) in [6.07, 6.45) is -4.21. The minimum atomic E-state index is -4.21. The van der Waals surface area contributed by atoms with E-state index >= 15 is 0 Å². The summed E-state index contributed by atoms with van der Waals surface area (Å²) in [6.45, 7) is 7.40. The van der Waals surface area contributed by atoms with Crippen molar-refractivity contribution in [1.82, 2.24) is 5.32 Å². The summed E-state index contributed by atoms with van der Waals surface area (Å²) < 4.78 is 36.9. The average molecular weight is 183 g/mol. The summed E-state index contributed by atoms with van der Waals surface area (Å²) in [4.78, 5) is 0. The number of hydrogen-bond donors (Lipinski definition) is 1. The van der Waals surface area contributed by atoms with Crippen LogP contribution in [0.1, 0.15) is 34.6 Å². The van der Waals surface area contributed by atoms with Gasteiger partial charge in [0, 0.05) is 5.54 Å². The first kappa shape index (κ1) is 11.8. The fourth-order valence-corrected chi connectivity index (χ4v) is 1.01. The van der Waals surface area contributed by atoms with E-state index in [4.69, 9.17) is 0 Å². The number of rotatable bonds is 1. The molecule has 0 fully saturated rings. The molecule has 0 heterocycles. The molecule has 0 aliphatic heterocycles. The normalized spacial score (nSPS) is 15.0. The number of alkyl halides is 3. The van der Waals surface area contributed by atoms with Gasteiger partial charge in [-0.05, 0) is 34.6 Å². The summed E-state index contributed by atoms with van der Waals surface area (Å²) in [5.41, 5.74) is -2.36. The summed E-state index contributed by atoms with van der Waals surface area (Å²) in [6, 6.07) is 0. The van der Waals surface area contributed by atoms with Crippen LogP contribution in [-0.4, -0.2) is 17.3 Å². The van der Waals surface area contributed by atoms with Gasteiger partial charge in [0.2, 0.25) is 0 Å². The molecule has 0 unspecified atom stereocenters. The Balaban J connectivity index is 4.44. The molecule has 1 nitrogen and oxygen atoms in total. The predicted octanol–water partition coefficient (Wildman–Crippen LogP) is 2.72. The van der Waals surface area contributed by atoms with Crippen LogP contribution in [0.5, 0.6) is 0 Å². The molecular weight excluding hydrogens is 167 g/mol. The van der Waals surface area contributed by atoms with Crippen LogP contribution in [0, 0.1) is 0 Å². The van der Waals surface area contributed by atoms with E-state index in [-0.39, 0.29) is 0 Å². The standard InChI is InChI=1S/C8H16F3N/c1-6(2,3)12-7(4,5)8(9,10)11/h12H,1-5H3. The third-order valence-electron chi connectivity index (χ3n) is 1.40. The van der Waals surface area contributed by atoms with E-state index in [1.165, 1.54) is 0 Å². The second-order valence-electron chi connectivity index (χ2n) is 4.50. The van der Waals surface area contributed by atoms with Gasteiger partial charge in [-0.1, -0.05) is 0 Å². The largest absolute Gasteiger partial charge is 0.406 e. The van der Waals surface area contributed by atoms with Gasteiger partial charge in [-0.2, -0.15) is 13.2 Å². The van der Waals surface area contributed by atoms with Crippen LogP contribution in [0.15, 0.2) is 0 Å². The smallest absolute Gasteiger partial charge is 0.299 e. The molecule has 0 aromatic carbocycles. The van der Waals surface area contributed by atoms with Crippen LogP contribution in [-0.2, 0) is 0 Å². The van der Waals surface area contributed by atoms with Crippen molar-refractivity contribution in [2.75, 3.05) is 0 Å². The molecule has 1 N–H and O–H groups in total. The van der Waals surface area contributed by atoms with Crippen molar-refractivity contribution >= 4 is 0 Å². The van der Waals surface area contributed by atoms with Gasteiger partial charge in [0.1, 0.15) is 5.54 Å². The van der Waals surface area contributed by atoms with Gasteiger partial charge >= 0.3 is 6.18 Å². The van der Waals surface area contributed by atoms with E-state index in [1.807, 2.05) is 0 Å². The van der Waals surface area contributed by atoms with Crippen LogP contribution in [0.2, 0.25) is 0 Å². The van der Waals surface area contributed by atoms with E-state index in [2.05, 4.69) is 5.32 Å². The second kappa shape index (κ2) is 2.91. The zero-order chi connectivity index (χ0) is 10.2. The molecule has 12 heavy (non-hydrogen) atoms. The third kappa shape index (κ3) is 3.43. The highest BCUT2D eigenvalue weighted by molar-refractivity contribution is 4.91. The van der Waals surface area contributed by atoms with Gasteiger partial charge in [0.05, 0.1) is 0 Å². The highest BCUT2D eigenvalue weighted by atomic mass is 19.4. The second-order valence-corrected chi connectivity index (χ2v) is 4.50. The Morgan fingerprint density at radius 1 is 0.833 bits per heavy atom. The molecule has 4 heteroatoms. The highest BCUT2D eigenvalue weighted by Gasteiger charge is 2.48. The summed E-state index contributed by atoms with van der Waals surface area (Å²) in [5, 5.41) is 2.51. The Kier molecular flexibility index (Phi) is 2.85. The van der Waals surface area contributed by atoms with Crippen molar-refractivity contribution in [2.24, 2.45) is 0 Å². The molecule has 0 radical (unpaired) electrons. The van der Waals surface area contributed by atoms with E-state index in [0.717, 1.165) is 13.8 Å². The zero-order valence-corrected chi connectivity index (χ0v) is 8.13. The Morgan fingerprint density at radius 2 is 1.17 bits per heavy atom. The molecule has 0 saturated heterocycles. The lowest BCUT2D eigenvalue weighted by Gasteiger charge is -2.36. The van der Waals surface area contributed by atoms with Crippen LogP contribution in [0.4, 0.5) is 13.2 Å². The van der Waals surface area contributed by atoms with Gasteiger partial charge in [-0.25, -0.2) is 0 Å². The topological polar surface area (TPSA) is 12.0 Å². The Morgan fingerprint density at radius 3 is 1.25 bits per heavy atom. The maximum atomic E-state index is 12.3. The van der Waals surface area contributed by atoms with Gasteiger partial charge in [0.25, 0.3) is 0 Å². The Hall–Kier alpha value is -0.250. The maximum absolute atomic E-state index is 12.3. The van der Waals surface area contributed by atoms with E-state index in [9.17, 15) is 13.2 Å². The number of hydrogen-bond acceptors (Lipinski definition) is 1. The SMILES string of the molecule is CC(C)(C)NC(C)(C)C(F)(F)F. The maximum Gasteiger partial charge on any atom is 0.406 e. The van der Waals surface area contributed by atoms with Crippen molar-refractivity contribution in [2.45, 2.75) is 51.9 Å². The lowest BCUT2D eigenvalue weighted by Crippen LogP contribution is -2.58. The van der Waals surface area contributed by atoms with Crippen molar-refractivity contribution in [3.63, 3.8) is 0 Å². The van der Waals surface area contributed by atoms with Crippen LogP contribution >= 0.6 is 0 Å². The van der Waals surface area contributed by atoms with Gasteiger partial charge in [-0.15, -0.1) is 0 Å². The molecular formula is C8H16F3N. The Labute approximate surface area is 71.3 Å². The fraction of sp³-hybridized carbons (Fsp3) is 1.00. The monoisotopic (exact) mass is 183 g/mol. The van der Waals surface area contributed by atoms with Crippen molar-refractivity contribution < 1.29 is 13.2 Å². The van der Waals surface area contributed by atoms with Crippen molar-refractivity contribution in [3.8, 4) is 0 Å². The fourth-order valence-electron chi connectivity index (χ4n) is 1.01. The molecule has 0 rings (SSSR count). The molecule has 0 aromatic rings. The minimum Gasteiger partial charge on any atom is -0.299 e. The number of nitrogens with one attached hydrogen (secondary N) is 1. The van der Waals surface area contributed by atoms with Crippen LogP contribution in [0.25, 0.3) is 0 Å². The van der Waals surface area contributed by atoms with Crippen LogP contribution < -0.4 is 5.32 Å². The summed E-state index contributed by atoms with van der Waals surface area (Å²) in [5.74, 6) is 0. The minimum absolute atomic E-state index is 0.529. The third-order valence-corrected chi connectivity index (χ3v) is 1.40. The molecule has 0 aliphatic carbocycles. The van der Waals surface area contributed by atoms with Gasteiger partial charge in [-0.3, -0.25) is 5.32 Å². The van der Waals surface area contributed by atoms with Gasteiger partial charge < -0.3 is 0 Å². The molecule has 0 bridgehead atoms. The molecule has 0 saturated carbocycles. The molecule has 0 aromatic heterocycles. The Bertz CT molecular complexity index is 153. The first-order chi connectivity index (χ1) is 4.96. The quantitative estimate of drug-likeness (QED) is 0.659.